The lowest BCUT2D eigenvalue weighted by Crippen LogP contribution is -2.28. The summed E-state index contributed by atoms with van der Waals surface area (Å²) < 4.78 is 5.27. The first kappa shape index (κ1) is 21.5. The molecule has 0 aliphatic carbocycles. The zero-order valence-electron chi connectivity index (χ0n) is 16.2. The van der Waals surface area contributed by atoms with Crippen LogP contribution in [0.1, 0.15) is 41.5 Å². The van der Waals surface area contributed by atoms with E-state index in [2.05, 4.69) is 5.32 Å². The highest BCUT2D eigenvalue weighted by Gasteiger charge is 2.31. The number of benzene rings is 1. The lowest BCUT2D eigenvalue weighted by molar-refractivity contribution is -0.123. The van der Waals surface area contributed by atoms with Crippen LogP contribution in [0.4, 0.5) is 11.5 Å². The first-order valence-corrected chi connectivity index (χ1v) is 8.41. The Morgan fingerprint density at radius 2 is 1.66 bits per heavy atom. The highest BCUT2D eigenvalue weighted by Crippen LogP contribution is 2.41. The first-order chi connectivity index (χ1) is 13.4. The number of pyridine rings is 1. The number of nitrogens with one attached hydrogen (secondary N) is 2. The second-order valence-electron chi connectivity index (χ2n) is 7.19. The Morgan fingerprint density at radius 1 is 1.07 bits per heavy atom. The summed E-state index contributed by atoms with van der Waals surface area (Å²) in [5.74, 6) is -4.12. The van der Waals surface area contributed by atoms with Crippen LogP contribution in [0.15, 0.2) is 23.0 Å². The lowest BCUT2D eigenvalue weighted by atomic mass is 9.92. The Hall–Kier alpha value is -3.82. The Bertz CT molecular complexity index is 1060. The van der Waals surface area contributed by atoms with Gasteiger partial charge >= 0.3 is 11.9 Å². The summed E-state index contributed by atoms with van der Waals surface area (Å²) in [6, 6.07) is 4.41. The molecular formula is C19H21N3O7. The second kappa shape index (κ2) is 7.66. The number of aromatic nitrogens is 1. The van der Waals surface area contributed by atoms with Crippen LogP contribution in [-0.2, 0) is 4.79 Å². The maximum atomic E-state index is 12.5. The van der Waals surface area contributed by atoms with Gasteiger partial charge in [0.1, 0.15) is 22.7 Å². The standard InChI is InChI=1S/C19H21N3O7/c1-19(2,3)18(28)21-8-6-5-7-9(29-4)10(8)11-12(16(24)25)14(20)22-15(23)13(11)17(26)27/h5-7H,1-4H3,(H,21,28)(H,24,25)(H,26,27)(H3,20,22,23). The number of methoxy groups -OCH3 is 1. The molecule has 2 rings (SSSR count). The van der Waals surface area contributed by atoms with Gasteiger partial charge in [0.25, 0.3) is 5.56 Å². The van der Waals surface area contributed by atoms with Gasteiger partial charge in [0.05, 0.1) is 12.8 Å². The van der Waals surface area contributed by atoms with Gasteiger partial charge in [-0.1, -0.05) is 26.8 Å². The maximum Gasteiger partial charge on any atom is 0.342 e. The molecule has 0 fully saturated rings. The molecule has 0 atom stereocenters. The largest absolute Gasteiger partial charge is 0.496 e. The van der Waals surface area contributed by atoms with Crippen molar-refractivity contribution in [1.29, 1.82) is 0 Å². The van der Waals surface area contributed by atoms with Gasteiger partial charge in [-0.2, -0.15) is 0 Å². The zero-order chi connectivity index (χ0) is 22.1. The molecule has 1 amide bonds. The van der Waals surface area contributed by atoms with E-state index in [-0.39, 0.29) is 17.0 Å². The molecule has 2 aromatic rings. The molecule has 10 nitrogen and oxygen atoms in total. The van der Waals surface area contributed by atoms with Gasteiger partial charge in [0.2, 0.25) is 5.91 Å². The van der Waals surface area contributed by atoms with Crippen LogP contribution >= 0.6 is 0 Å². The molecule has 0 saturated carbocycles. The number of anilines is 2. The fraction of sp³-hybridized carbons (Fsp3) is 0.263. The van der Waals surface area contributed by atoms with E-state index in [0.29, 0.717) is 0 Å². The molecule has 0 spiro atoms. The number of rotatable bonds is 5. The van der Waals surface area contributed by atoms with Crippen molar-refractivity contribution in [1.82, 2.24) is 4.98 Å². The van der Waals surface area contributed by atoms with Crippen LogP contribution in [0.3, 0.4) is 0 Å². The number of aromatic amines is 1. The third-order valence-electron chi connectivity index (χ3n) is 4.10. The molecule has 29 heavy (non-hydrogen) atoms. The minimum absolute atomic E-state index is 0.0479. The summed E-state index contributed by atoms with van der Waals surface area (Å²) in [6.07, 6.45) is 0. The van der Waals surface area contributed by atoms with Gasteiger partial charge in [-0.05, 0) is 12.1 Å². The SMILES string of the molecule is COc1cccc(NC(=O)C(C)(C)C)c1-c1c(C(=O)O)c(N)[nH]c(=O)c1C(=O)O. The molecular weight excluding hydrogens is 382 g/mol. The molecule has 0 radical (unpaired) electrons. The third-order valence-corrected chi connectivity index (χ3v) is 4.10. The van der Waals surface area contributed by atoms with E-state index < -0.39 is 51.3 Å². The number of hydrogen-bond donors (Lipinski definition) is 5. The molecule has 0 aliphatic heterocycles. The number of H-pyrrole nitrogens is 1. The minimum atomic E-state index is -1.66. The normalized spacial score (nSPS) is 11.0. The summed E-state index contributed by atoms with van der Waals surface area (Å²) in [5.41, 5.74) is 1.84. The fourth-order valence-electron chi connectivity index (χ4n) is 2.67. The molecule has 0 aliphatic rings. The van der Waals surface area contributed by atoms with E-state index in [1.54, 1.807) is 20.8 Å². The van der Waals surface area contributed by atoms with Gasteiger partial charge in [-0.25, -0.2) is 9.59 Å². The topological polar surface area (TPSA) is 172 Å². The number of carboxylic acids is 2. The quantitative estimate of drug-likeness (QED) is 0.504. The van der Waals surface area contributed by atoms with E-state index in [0.717, 1.165) is 0 Å². The number of amides is 1. The van der Waals surface area contributed by atoms with E-state index in [1.165, 1.54) is 25.3 Å². The number of aromatic carboxylic acids is 2. The smallest absolute Gasteiger partial charge is 0.342 e. The summed E-state index contributed by atoms with van der Waals surface area (Å²) >= 11 is 0. The predicted octanol–water partition coefficient (Wildman–Crippen LogP) is 2.01. The Balaban J connectivity index is 3.01. The van der Waals surface area contributed by atoms with Crippen molar-refractivity contribution in [3.05, 3.63) is 39.7 Å². The van der Waals surface area contributed by atoms with E-state index in [1.807, 2.05) is 4.98 Å². The number of nitrogen functional groups attached to an aromatic ring is 1. The van der Waals surface area contributed by atoms with E-state index in [9.17, 15) is 29.4 Å². The molecule has 154 valence electrons. The van der Waals surface area contributed by atoms with Gasteiger partial charge < -0.3 is 31.0 Å². The number of nitrogens with two attached hydrogens (primary N) is 1. The average molecular weight is 403 g/mol. The number of hydrogen-bond acceptors (Lipinski definition) is 6. The predicted molar refractivity (Wildman–Crippen MR) is 105 cm³/mol. The summed E-state index contributed by atoms with van der Waals surface area (Å²) in [6.45, 7) is 5.00. The monoisotopic (exact) mass is 403 g/mol. The van der Waals surface area contributed by atoms with Crippen molar-refractivity contribution < 1.29 is 29.3 Å². The van der Waals surface area contributed by atoms with Crippen molar-refractivity contribution in [2.24, 2.45) is 5.41 Å². The fourth-order valence-corrected chi connectivity index (χ4v) is 2.67. The number of carbonyl (C=O) groups is 3. The van der Waals surface area contributed by atoms with Crippen molar-refractivity contribution in [3.63, 3.8) is 0 Å². The summed E-state index contributed by atoms with van der Waals surface area (Å²) in [4.78, 5) is 50.5. The molecule has 0 unspecified atom stereocenters. The molecule has 1 aromatic carbocycles. The van der Waals surface area contributed by atoms with Crippen LogP contribution in [0.2, 0.25) is 0 Å². The van der Waals surface area contributed by atoms with Crippen molar-refractivity contribution in [2.45, 2.75) is 20.8 Å². The van der Waals surface area contributed by atoms with Gasteiger partial charge in [-0.3, -0.25) is 9.59 Å². The average Bonchev–Trinajstić information content (AvgIpc) is 2.59. The number of carboxylic acid groups (broad SMARTS) is 2. The lowest BCUT2D eigenvalue weighted by Gasteiger charge is -2.22. The Kier molecular flexibility index (Phi) is 5.67. The zero-order valence-corrected chi connectivity index (χ0v) is 16.2. The summed E-state index contributed by atoms with van der Waals surface area (Å²) in [5, 5.41) is 21.9. The number of ether oxygens (including phenoxy) is 1. The highest BCUT2D eigenvalue weighted by molar-refractivity contribution is 6.11. The molecule has 0 bridgehead atoms. The van der Waals surface area contributed by atoms with E-state index in [4.69, 9.17) is 10.5 Å². The molecule has 1 heterocycles. The number of carbonyl (C=O) groups excluding carboxylic acids is 1. The van der Waals surface area contributed by atoms with Gasteiger partial charge in [-0.15, -0.1) is 0 Å². The Morgan fingerprint density at radius 3 is 2.14 bits per heavy atom. The van der Waals surface area contributed by atoms with Gasteiger partial charge in [0.15, 0.2) is 0 Å². The van der Waals surface area contributed by atoms with Crippen LogP contribution in [-0.4, -0.2) is 40.2 Å². The van der Waals surface area contributed by atoms with Crippen LogP contribution in [0, 0.1) is 5.41 Å². The van der Waals surface area contributed by atoms with Crippen molar-refractivity contribution in [2.75, 3.05) is 18.2 Å². The molecule has 1 aromatic heterocycles. The maximum absolute atomic E-state index is 12.5. The molecule has 6 N–H and O–H groups in total. The van der Waals surface area contributed by atoms with Crippen molar-refractivity contribution >= 4 is 29.4 Å². The highest BCUT2D eigenvalue weighted by atomic mass is 16.5. The Labute approximate surface area is 165 Å². The molecule has 0 saturated heterocycles. The second-order valence-corrected chi connectivity index (χ2v) is 7.19. The summed E-state index contributed by atoms with van der Waals surface area (Å²) in [7, 11) is 1.28. The first-order valence-electron chi connectivity index (χ1n) is 8.41. The molecule has 10 heteroatoms. The van der Waals surface area contributed by atoms with Crippen LogP contribution in [0.5, 0.6) is 5.75 Å². The third kappa shape index (κ3) is 4.05. The van der Waals surface area contributed by atoms with Crippen LogP contribution in [0.25, 0.3) is 11.1 Å². The van der Waals surface area contributed by atoms with Crippen LogP contribution < -0.4 is 21.3 Å². The van der Waals surface area contributed by atoms with Gasteiger partial charge in [0, 0.05) is 16.5 Å². The van der Waals surface area contributed by atoms with Crippen molar-refractivity contribution in [3.8, 4) is 16.9 Å². The van der Waals surface area contributed by atoms with E-state index >= 15 is 0 Å². The minimum Gasteiger partial charge on any atom is -0.496 e.